The summed E-state index contributed by atoms with van der Waals surface area (Å²) in [4.78, 5) is 0. The molecular formula is C26H41F3N2O2S. The molecule has 1 rings (SSSR count). The minimum atomic E-state index is -4.53. The van der Waals surface area contributed by atoms with E-state index in [0.29, 0.717) is 11.6 Å². The third kappa shape index (κ3) is 14.6. The first-order chi connectivity index (χ1) is 16.1. The van der Waals surface area contributed by atoms with E-state index in [2.05, 4.69) is 25.7 Å². The number of nitrogens with one attached hydrogen (secondary N) is 1. The van der Waals surface area contributed by atoms with Crippen LogP contribution < -0.4 is 15.8 Å². The number of hydrogen-bond donors (Lipinski definition) is 2. The maximum Gasteiger partial charge on any atom is 0.419 e. The lowest BCUT2D eigenvalue weighted by atomic mass is 10.2. The summed E-state index contributed by atoms with van der Waals surface area (Å²) < 4.78 is 49.1. The van der Waals surface area contributed by atoms with Crippen LogP contribution in [-0.2, 0) is 4.74 Å². The Morgan fingerprint density at radius 3 is 2.06 bits per heavy atom. The number of halogens is 3. The van der Waals surface area contributed by atoms with Crippen molar-refractivity contribution in [3.8, 4) is 5.75 Å². The van der Waals surface area contributed by atoms with Gasteiger partial charge in [-0.25, -0.2) is 0 Å². The summed E-state index contributed by atoms with van der Waals surface area (Å²) >= 11 is 1.31. The SMILES string of the molecule is C=C/C(=C\C(=C(/C)OC)C(F)(F)F)NCS/C=C(\N)c1ccc(OC)cc1.CC.CCCCC. The van der Waals surface area contributed by atoms with Gasteiger partial charge in [-0.05, 0) is 54.3 Å². The van der Waals surface area contributed by atoms with Gasteiger partial charge in [-0.15, -0.1) is 11.8 Å². The summed E-state index contributed by atoms with van der Waals surface area (Å²) in [5.41, 5.74) is 6.71. The molecule has 0 aliphatic heterocycles. The highest BCUT2D eigenvalue weighted by Gasteiger charge is 2.34. The highest BCUT2D eigenvalue weighted by molar-refractivity contribution is 8.02. The predicted octanol–water partition coefficient (Wildman–Crippen LogP) is 8.01. The Kier molecular flexibility index (Phi) is 19.8. The fourth-order valence-electron chi connectivity index (χ4n) is 2.29. The Hall–Kier alpha value is -2.48. The van der Waals surface area contributed by atoms with Crippen molar-refractivity contribution in [1.82, 2.24) is 5.32 Å². The van der Waals surface area contributed by atoms with Crippen LogP contribution in [0.5, 0.6) is 5.75 Å². The van der Waals surface area contributed by atoms with Crippen LogP contribution >= 0.6 is 11.8 Å². The van der Waals surface area contributed by atoms with Gasteiger partial charge in [-0.1, -0.05) is 53.5 Å². The molecule has 0 aromatic heterocycles. The van der Waals surface area contributed by atoms with E-state index < -0.39 is 11.7 Å². The molecule has 1 aromatic rings. The number of allylic oxidation sites excluding steroid dienone is 4. The van der Waals surface area contributed by atoms with Gasteiger partial charge in [0.15, 0.2) is 0 Å². The number of rotatable bonds is 11. The average Bonchev–Trinajstić information content (AvgIpc) is 2.84. The third-order valence-electron chi connectivity index (χ3n) is 4.21. The van der Waals surface area contributed by atoms with Crippen LogP contribution in [0.1, 0.15) is 59.4 Å². The normalized spacial score (nSPS) is 12.3. The number of thioether (sulfide) groups is 1. The van der Waals surface area contributed by atoms with Crippen molar-refractivity contribution < 1.29 is 22.6 Å². The Bertz CT molecular complexity index is 769. The zero-order valence-corrected chi connectivity index (χ0v) is 22.3. The van der Waals surface area contributed by atoms with E-state index in [1.807, 2.05) is 26.0 Å². The van der Waals surface area contributed by atoms with E-state index in [1.54, 1.807) is 24.7 Å². The predicted molar refractivity (Wildman–Crippen MR) is 141 cm³/mol. The van der Waals surface area contributed by atoms with E-state index in [4.69, 9.17) is 15.2 Å². The summed E-state index contributed by atoms with van der Waals surface area (Å²) in [6.07, 6.45) is 1.82. The molecule has 34 heavy (non-hydrogen) atoms. The number of unbranched alkanes of at least 4 members (excludes halogenated alkanes) is 2. The summed E-state index contributed by atoms with van der Waals surface area (Å²) in [6.45, 7) is 13.2. The zero-order valence-electron chi connectivity index (χ0n) is 21.5. The summed E-state index contributed by atoms with van der Waals surface area (Å²) in [5.74, 6) is 0.813. The number of methoxy groups -OCH3 is 2. The first-order valence-electron chi connectivity index (χ1n) is 11.3. The molecule has 0 aliphatic carbocycles. The Morgan fingerprint density at radius 1 is 1.12 bits per heavy atom. The molecule has 0 unspecified atom stereocenters. The molecule has 4 nitrogen and oxygen atoms in total. The molecule has 194 valence electrons. The number of alkyl halides is 3. The molecule has 0 heterocycles. The van der Waals surface area contributed by atoms with Crippen LogP contribution in [0.25, 0.3) is 5.70 Å². The van der Waals surface area contributed by atoms with Gasteiger partial charge in [0, 0.05) is 11.4 Å². The molecule has 0 amide bonds. The lowest BCUT2D eigenvalue weighted by Crippen LogP contribution is -2.16. The molecule has 0 aliphatic rings. The number of ether oxygens (including phenoxy) is 2. The molecule has 0 radical (unpaired) electrons. The Morgan fingerprint density at radius 2 is 1.68 bits per heavy atom. The molecule has 8 heteroatoms. The topological polar surface area (TPSA) is 56.5 Å². The maximum absolute atomic E-state index is 13.1. The lowest BCUT2D eigenvalue weighted by molar-refractivity contribution is -0.0913. The van der Waals surface area contributed by atoms with Crippen molar-refractivity contribution in [2.24, 2.45) is 5.73 Å². The minimum Gasteiger partial charge on any atom is -0.501 e. The first kappa shape index (κ1) is 33.7. The van der Waals surface area contributed by atoms with Crippen LogP contribution in [0.4, 0.5) is 13.2 Å². The molecule has 0 bridgehead atoms. The molecule has 0 spiro atoms. The number of nitrogens with two attached hydrogens (primary N) is 1. The lowest BCUT2D eigenvalue weighted by Gasteiger charge is -2.13. The minimum absolute atomic E-state index is 0.222. The quantitative estimate of drug-likeness (QED) is 0.139. The van der Waals surface area contributed by atoms with Crippen LogP contribution in [-0.4, -0.2) is 26.3 Å². The fourth-order valence-corrected chi connectivity index (χ4v) is 2.94. The smallest absolute Gasteiger partial charge is 0.419 e. The third-order valence-corrected chi connectivity index (χ3v) is 4.94. The van der Waals surface area contributed by atoms with E-state index in [0.717, 1.165) is 17.4 Å². The molecular weight excluding hydrogens is 461 g/mol. The molecule has 1 aromatic carbocycles. The largest absolute Gasteiger partial charge is 0.501 e. The Balaban J connectivity index is 0. The van der Waals surface area contributed by atoms with Gasteiger partial charge in [-0.3, -0.25) is 0 Å². The van der Waals surface area contributed by atoms with E-state index in [-0.39, 0.29) is 11.5 Å². The number of benzene rings is 1. The summed E-state index contributed by atoms with van der Waals surface area (Å²) in [5, 5.41) is 4.59. The van der Waals surface area contributed by atoms with Crippen LogP contribution in [0.15, 0.2) is 65.4 Å². The second kappa shape index (κ2) is 19.9. The van der Waals surface area contributed by atoms with Gasteiger partial charge in [0.05, 0.1) is 25.7 Å². The summed E-state index contributed by atoms with van der Waals surface area (Å²) in [6, 6.07) is 7.23. The van der Waals surface area contributed by atoms with Crippen molar-refractivity contribution >= 4 is 17.5 Å². The highest BCUT2D eigenvalue weighted by atomic mass is 32.2. The molecule has 0 atom stereocenters. The molecule has 0 fully saturated rings. The van der Waals surface area contributed by atoms with Gasteiger partial charge in [0.1, 0.15) is 11.5 Å². The van der Waals surface area contributed by atoms with Crippen LogP contribution in [0.2, 0.25) is 0 Å². The second-order valence-electron chi connectivity index (χ2n) is 6.62. The molecule has 0 saturated carbocycles. The first-order valence-corrected chi connectivity index (χ1v) is 12.3. The van der Waals surface area contributed by atoms with Gasteiger partial charge in [-0.2, -0.15) is 13.2 Å². The van der Waals surface area contributed by atoms with Crippen LogP contribution in [0, 0.1) is 0 Å². The van der Waals surface area contributed by atoms with Crippen molar-refractivity contribution in [2.75, 3.05) is 20.1 Å². The van der Waals surface area contributed by atoms with Crippen molar-refractivity contribution in [1.29, 1.82) is 0 Å². The second-order valence-corrected chi connectivity index (χ2v) is 7.48. The van der Waals surface area contributed by atoms with Gasteiger partial charge in [0.25, 0.3) is 0 Å². The average molecular weight is 503 g/mol. The standard InChI is InChI=1S/C19H23F3N2O2S.C5H12.C2H6/c1-5-15(10-17(13(2)25-3)19(20,21)22)24-12-27-11-18(23)14-6-8-16(26-4)9-7-14;1-3-5-4-2;1-2/h5-11,24H,1,12,23H2,2-4H3;3-5H2,1-2H3;1-2H3/b15-10+,17-13-,18-11-;;. The monoisotopic (exact) mass is 502 g/mol. The zero-order chi connectivity index (χ0) is 26.6. The Labute approximate surface area is 208 Å². The van der Waals surface area contributed by atoms with Crippen LogP contribution in [0.3, 0.4) is 0 Å². The van der Waals surface area contributed by atoms with Crippen molar-refractivity contribution in [2.45, 2.75) is 60.1 Å². The summed E-state index contributed by atoms with van der Waals surface area (Å²) in [7, 11) is 2.77. The molecule has 0 saturated heterocycles. The highest BCUT2D eigenvalue weighted by Crippen LogP contribution is 2.30. The van der Waals surface area contributed by atoms with Gasteiger partial charge in [0.2, 0.25) is 0 Å². The van der Waals surface area contributed by atoms with E-state index >= 15 is 0 Å². The van der Waals surface area contributed by atoms with Gasteiger partial charge >= 0.3 is 6.18 Å². The van der Waals surface area contributed by atoms with Crippen molar-refractivity contribution in [3.63, 3.8) is 0 Å². The van der Waals surface area contributed by atoms with E-state index in [1.165, 1.54) is 51.1 Å². The van der Waals surface area contributed by atoms with Gasteiger partial charge < -0.3 is 20.5 Å². The fraction of sp³-hybridized carbons (Fsp3) is 0.462. The molecule has 3 N–H and O–H groups in total. The van der Waals surface area contributed by atoms with E-state index in [9.17, 15) is 13.2 Å². The maximum atomic E-state index is 13.1. The number of hydrogen-bond acceptors (Lipinski definition) is 5. The van der Waals surface area contributed by atoms with Crippen molar-refractivity contribution in [3.05, 3.63) is 71.0 Å².